The van der Waals surface area contributed by atoms with Gasteiger partial charge in [-0.25, -0.2) is 0 Å². The summed E-state index contributed by atoms with van der Waals surface area (Å²) < 4.78 is 6.01. The van der Waals surface area contributed by atoms with Crippen LogP contribution in [-0.2, 0) is 11.3 Å². The number of fused-ring (bicyclic) bond motifs is 1. The summed E-state index contributed by atoms with van der Waals surface area (Å²) in [6.07, 6.45) is 6.82. The molecule has 0 bridgehead atoms. The average Bonchev–Trinajstić information content (AvgIpc) is 2.55. The van der Waals surface area contributed by atoms with E-state index in [1.807, 2.05) is 0 Å². The number of hydrogen-bond acceptors (Lipinski definition) is 3. The number of morpholine rings is 1. The van der Waals surface area contributed by atoms with E-state index < -0.39 is 0 Å². The zero-order chi connectivity index (χ0) is 14.5. The second-order valence-corrected chi connectivity index (χ2v) is 6.26. The summed E-state index contributed by atoms with van der Waals surface area (Å²) in [5.41, 5.74) is 2.85. The van der Waals surface area contributed by atoms with Gasteiger partial charge >= 0.3 is 0 Å². The molecular formula is C18H28N2O. The van der Waals surface area contributed by atoms with Crippen molar-refractivity contribution in [1.82, 2.24) is 5.32 Å². The molecule has 2 fully saturated rings. The number of ether oxygens (including phenoxy) is 1. The summed E-state index contributed by atoms with van der Waals surface area (Å²) in [7, 11) is 0. The van der Waals surface area contributed by atoms with Gasteiger partial charge in [-0.15, -0.1) is 0 Å². The van der Waals surface area contributed by atoms with Crippen molar-refractivity contribution in [3.63, 3.8) is 0 Å². The number of anilines is 1. The minimum Gasteiger partial charge on any atom is -0.374 e. The summed E-state index contributed by atoms with van der Waals surface area (Å²) in [4.78, 5) is 2.62. The second-order valence-electron chi connectivity index (χ2n) is 6.26. The summed E-state index contributed by atoms with van der Waals surface area (Å²) in [5.74, 6) is 0. The molecule has 1 aliphatic carbocycles. The van der Waals surface area contributed by atoms with Gasteiger partial charge in [-0.3, -0.25) is 0 Å². The van der Waals surface area contributed by atoms with Gasteiger partial charge in [0.15, 0.2) is 0 Å². The predicted octanol–water partition coefficient (Wildman–Crippen LogP) is 3.33. The lowest BCUT2D eigenvalue weighted by molar-refractivity contribution is -0.00874. The largest absolute Gasteiger partial charge is 0.374 e. The Bertz CT molecular complexity index is 447. The number of benzene rings is 1. The van der Waals surface area contributed by atoms with Crippen LogP contribution in [0, 0.1) is 0 Å². The lowest BCUT2D eigenvalue weighted by Crippen LogP contribution is -2.53. The van der Waals surface area contributed by atoms with Gasteiger partial charge in [0, 0.05) is 18.8 Å². The molecule has 1 saturated heterocycles. The molecule has 0 amide bonds. The van der Waals surface area contributed by atoms with Crippen molar-refractivity contribution >= 4 is 5.69 Å². The Morgan fingerprint density at radius 1 is 1.24 bits per heavy atom. The predicted molar refractivity (Wildman–Crippen MR) is 87.8 cm³/mol. The highest BCUT2D eigenvalue weighted by molar-refractivity contribution is 5.55. The first-order valence-electron chi connectivity index (χ1n) is 8.57. The van der Waals surface area contributed by atoms with Gasteiger partial charge in [-0.1, -0.05) is 38.0 Å². The summed E-state index contributed by atoms with van der Waals surface area (Å²) in [6.45, 7) is 6.18. The van der Waals surface area contributed by atoms with Crippen molar-refractivity contribution in [2.75, 3.05) is 24.6 Å². The Morgan fingerprint density at radius 2 is 2.10 bits per heavy atom. The minimum absolute atomic E-state index is 0.448. The Labute approximate surface area is 128 Å². The van der Waals surface area contributed by atoms with Crippen LogP contribution in [-0.4, -0.2) is 31.8 Å². The fraction of sp³-hybridized carbons (Fsp3) is 0.667. The van der Waals surface area contributed by atoms with E-state index in [4.69, 9.17) is 4.74 Å². The Balaban J connectivity index is 1.78. The van der Waals surface area contributed by atoms with Crippen LogP contribution < -0.4 is 10.2 Å². The molecule has 1 aromatic carbocycles. The van der Waals surface area contributed by atoms with Crippen LogP contribution >= 0.6 is 0 Å². The second kappa shape index (κ2) is 7.28. The van der Waals surface area contributed by atoms with Crippen LogP contribution in [0.15, 0.2) is 24.3 Å². The Kier molecular flexibility index (Phi) is 5.15. The summed E-state index contributed by atoms with van der Waals surface area (Å²) >= 11 is 0. The molecule has 0 aromatic heterocycles. The highest BCUT2D eigenvalue weighted by atomic mass is 16.5. The molecule has 3 heteroatoms. The third-order valence-electron chi connectivity index (χ3n) is 4.78. The topological polar surface area (TPSA) is 24.5 Å². The van der Waals surface area contributed by atoms with Crippen LogP contribution in [0.3, 0.4) is 0 Å². The smallest absolute Gasteiger partial charge is 0.0779 e. The fourth-order valence-electron chi connectivity index (χ4n) is 3.74. The Morgan fingerprint density at radius 3 is 3.00 bits per heavy atom. The summed E-state index contributed by atoms with van der Waals surface area (Å²) in [5, 5.41) is 3.54. The molecule has 116 valence electrons. The van der Waals surface area contributed by atoms with E-state index in [2.05, 4.69) is 41.4 Å². The summed E-state index contributed by atoms with van der Waals surface area (Å²) in [6, 6.07) is 9.47. The molecular weight excluding hydrogens is 260 g/mol. The quantitative estimate of drug-likeness (QED) is 0.841. The SMILES string of the molecule is CCCNCc1ccccc1N1CCOC2CCCCC21. The molecule has 0 radical (unpaired) electrons. The van der Waals surface area contributed by atoms with Gasteiger partial charge < -0.3 is 15.0 Å². The number of hydrogen-bond donors (Lipinski definition) is 1. The molecule has 1 saturated carbocycles. The number of rotatable bonds is 5. The molecule has 1 heterocycles. The average molecular weight is 288 g/mol. The van der Waals surface area contributed by atoms with Crippen molar-refractivity contribution in [2.24, 2.45) is 0 Å². The fourth-order valence-corrected chi connectivity index (χ4v) is 3.74. The number of nitrogens with one attached hydrogen (secondary N) is 1. The van der Waals surface area contributed by atoms with E-state index in [1.165, 1.54) is 43.4 Å². The monoisotopic (exact) mass is 288 g/mol. The molecule has 1 aliphatic heterocycles. The maximum absolute atomic E-state index is 6.01. The number of nitrogens with zero attached hydrogens (tertiary/aromatic N) is 1. The van der Waals surface area contributed by atoms with Gasteiger partial charge in [-0.2, -0.15) is 0 Å². The van der Waals surface area contributed by atoms with E-state index >= 15 is 0 Å². The van der Waals surface area contributed by atoms with Gasteiger partial charge in [0.25, 0.3) is 0 Å². The molecule has 3 rings (SSSR count). The molecule has 3 nitrogen and oxygen atoms in total. The maximum atomic E-state index is 6.01. The molecule has 21 heavy (non-hydrogen) atoms. The van der Waals surface area contributed by atoms with Crippen LogP contribution in [0.25, 0.3) is 0 Å². The highest BCUT2D eigenvalue weighted by Gasteiger charge is 2.34. The van der Waals surface area contributed by atoms with Crippen LogP contribution in [0.5, 0.6) is 0 Å². The van der Waals surface area contributed by atoms with Crippen LogP contribution in [0.2, 0.25) is 0 Å². The van der Waals surface area contributed by atoms with E-state index in [0.717, 1.165) is 26.2 Å². The highest BCUT2D eigenvalue weighted by Crippen LogP contribution is 2.33. The molecule has 2 unspecified atom stereocenters. The first kappa shape index (κ1) is 14.9. The lowest BCUT2D eigenvalue weighted by Gasteiger charge is -2.45. The van der Waals surface area contributed by atoms with E-state index in [1.54, 1.807) is 0 Å². The first-order chi connectivity index (χ1) is 10.4. The van der Waals surface area contributed by atoms with Crippen molar-refractivity contribution < 1.29 is 4.74 Å². The number of para-hydroxylation sites is 1. The molecule has 2 aliphatic rings. The van der Waals surface area contributed by atoms with E-state index in [9.17, 15) is 0 Å². The van der Waals surface area contributed by atoms with Crippen LogP contribution in [0.4, 0.5) is 5.69 Å². The minimum atomic E-state index is 0.448. The van der Waals surface area contributed by atoms with E-state index in [-0.39, 0.29) is 0 Å². The normalized spacial score (nSPS) is 25.7. The Hall–Kier alpha value is -1.06. The third-order valence-corrected chi connectivity index (χ3v) is 4.78. The molecule has 1 N–H and O–H groups in total. The maximum Gasteiger partial charge on any atom is 0.0779 e. The lowest BCUT2D eigenvalue weighted by atomic mass is 9.89. The van der Waals surface area contributed by atoms with Crippen molar-refractivity contribution in [3.8, 4) is 0 Å². The zero-order valence-corrected chi connectivity index (χ0v) is 13.2. The van der Waals surface area contributed by atoms with Crippen molar-refractivity contribution in [1.29, 1.82) is 0 Å². The van der Waals surface area contributed by atoms with Crippen molar-refractivity contribution in [2.45, 2.75) is 57.7 Å². The third kappa shape index (κ3) is 3.41. The van der Waals surface area contributed by atoms with Gasteiger partial charge in [-0.05, 0) is 37.4 Å². The van der Waals surface area contributed by atoms with Crippen molar-refractivity contribution in [3.05, 3.63) is 29.8 Å². The molecule has 1 aromatic rings. The first-order valence-corrected chi connectivity index (χ1v) is 8.57. The van der Waals surface area contributed by atoms with E-state index in [0.29, 0.717) is 12.1 Å². The van der Waals surface area contributed by atoms with Gasteiger partial charge in [0.05, 0.1) is 18.8 Å². The standard InChI is InChI=1S/C18H28N2O/c1-2-11-19-14-15-7-3-4-8-16(15)20-12-13-21-18-10-6-5-9-17(18)20/h3-4,7-8,17-19H,2,5-6,9-14H2,1H3. The molecule has 2 atom stereocenters. The molecule has 0 spiro atoms. The van der Waals surface area contributed by atoms with Gasteiger partial charge in [0.1, 0.15) is 0 Å². The van der Waals surface area contributed by atoms with Gasteiger partial charge in [0.2, 0.25) is 0 Å². The zero-order valence-electron chi connectivity index (χ0n) is 13.2. The van der Waals surface area contributed by atoms with Crippen LogP contribution in [0.1, 0.15) is 44.6 Å².